The van der Waals surface area contributed by atoms with Crippen molar-refractivity contribution in [3.63, 3.8) is 0 Å². The van der Waals surface area contributed by atoms with Gasteiger partial charge in [-0.3, -0.25) is 4.90 Å². The molecule has 0 fully saturated rings. The quantitative estimate of drug-likeness (QED) is 0.265. The van der Waals surface area contributed by atoms with E-state index in [1.54, 1.807) is 23.1 Å². The first-order valence-electron chi connectivity index (χ1n) is 9.57. The van der Waals surface area contributed by atoms with Crippen molar-refractivity contribution in [2.75, 3.05) is 20.2 Å². The number of ether oxygens (including phenoxy) is 1. The second-order valence-corrected chi connectivity index (χ2v) is 9.49. The van der Waals surface area contributed by atoms with E-state index >= 15 is 0 Å². The highest BCUT2D eigenvalue weighted by Crippen LogP contribution is 2.31. The summed E-state index contributed by atoms with van der Waals surface area (Å²) in [4.78, 5) is 6.83. The maximum Gasteiger partial charge on any atom is 0.198 e. The van der Waals surface area contributed by atoms with E-state index in [0.717, 1.165) is 33.7 Å². The molecule has 0 radical (unpaired) electrons. The zero-order chi connectivity index (χ0) is 20.9. The number of aromatic nitrogens is 4. The van der Waals surface area contributed by atoms with Crippen LogP contribution in [0, 0.1) is 4.77 Å². The van der Waals surface area contributed by atoms with Crippen LogP contribution in [-0.2, 0) is 19.5 Å². The molecule has 4 rings (SSSR count). The fourth-order valence-electron chi connectivity index (χ4n) is 2.93. The van der Waals surface area contributed by atoms with Crippen LogP contribution in [0.5, 0.6) is 5.75 Å². The normalized spacial score (nSPS) is 11.4. The third-order valence-corrected chi connectivity index (χ3v) is 7.25. The van der Waals surface area contributed by atoms with Crippen LogP contribution in [0.1, 0.15) is 5.82 Å². The van der Waals surface area contributed by atoms with Gasteiger partial charge in [-0.15, -0.1) is 11.3 Å². The molecule has 0 amide bonds. The molecule has 0 bridgehead atoms. The maximum atomic E-state index is 5.77. The lowest BCUT2D eigenvalue weighted by Crippen LogP contribution is -2.27. The average Bonchev–Trinajstić information content (AvgIpc) is 3.29. The first-order valence-corrected chi connectivity index (χ1v) is 11.8. The second kappa shape index (κ2) is 9.74. The van der Waals surface area contributed by atoms with Gasteiger partial charge in [0, 0.05) is 13.6 Å². The molecule has 156 valence electrons. The van der Waals surface area contributed by atoms with E-state index in [9.17, 15) is 0 Å². The Morgan fingerprint density at radius 3 is 2.70 bits per heavy atom. The molecule has 0 aliphatic carbocycles. The summed E-state index contributed by atoms with van der Waals surface area (Å²) in [5.41, 5.74) is 1.04. The molecular weight excluding hydrogens is 434 g/mol. The average molecular weight is 458 g/mol. The summed E-state index contributed by atoms with van der Waals surface area (Å²) in [5, 5.41) is 4.73. The predicted octanol–water partition coefficient (Wildman–Crippen LogP) is 4.82. The molecule has 0 N–H and O–H groups in total. The number of benzene rings is 2. The maximum absolute atomic E-state index is 5.77. The fourth-order valence-corrected chi connectivity index (χ4v) is 5.17. The lowest BCUT2D eigenvalue weighted by molar-refractivity contribution is 0.197. The molecule has 0 spiro atoms. The Hall–Kier alpha value is -2.20. The van der Waals surface area contributed by atoms with Crippen molar-refractivity contribution in [3.05, 3.63) is 65.2 Å². The summed E-state index contributed by atoms with van der Waals surface area (Å²) in [5.74, 6) is 2.56. The summed E-state index contributed by atoms with van der Waals surface area (Å²) >= 11 is 9.00. The highest BCUT2D eigenvalue weighted by atomic mass is 32.2. The first kappa shape index (κ1) is 21.0. The van der Waals surface area contributed by atoms with Crippen molar-refractivity contribution in [1.29, 1.82) is 0 Å². The molecule has 0 saturated heterocycles. The zero-order valence-electron chi connectivity index (χ0n) is 16.9. The van der Waals surface area contributed by atoms with Crippen LogP contribution in [0.2, 0.25) is 0 Å². The first-order chi connectivity index (χ1) is 14.6. The molecule has 0 aliphatic rings. The lowest BCUT2D eigenvalue weighted by Gasteiger charge is -2.16. The second-order valence-electron chi connectivity index (χ2n) is 6.88. The molecule has 0 unspecified atom stereocenters. The van der Waals surface area contributed by atoms with Gasteiger partial charge in [0.05, 0.1) is 22.6 Å². The smallest absolute Gasteiger partial charge is 0.198 e. The van der Waals surface area contributed by atoms with E-state index < -0.39 is 0 Å². The van der Waals surface area contributed by atoms with Crippen LogP contribution >= 0.6 is 35.3 Å². The van der Waals surface area contributed by atoms with Crippen LogP contribution in [0.3, 0.4) is 0 Å². The third-order valence-electron chi connectivity index (χ3n) is 4.59. The topological polar surface area (TPSA) is 48.1 Å². The van der Waals surface area contributed by atoms with Gasteiger partial charge in [-0.2, -0.15) is 5.10 Å². The van der Waals surface area contributed by atoms with Gasteiger partial charge >= 0.3 is 0 Å². The van der Waals surface area contributed by atoms with E-state index in [-0.39, 0.29) is 0 Å². The van der Waals surface area contributed by atoms with Crippen LogP contribution in [0.4, 0.5) is 0 Å². The van der Waals surface area contributed by atoms with Crippen molar-refractivity contribution in [2.45, 2.75) is 16.8 Å². The monoisotopic (exact) mass is 457 g/mol. The van der Waals surface area contributed by atoms with Gasteiger partial charge in [-0.1, -0.05) is 42.1 Å². The Bertz CT molecular complexity index is 1140. The van der Waals surface area contributed by atoms with Crippen LogP contribution in [0.15, 0.2) is 58.9 Å². The summed E-state index contributed by atoms with van der Waals surface area (Å²) in [6.45, 7) is 2.01. The van der Waals surface area contributed by atoms with Gasteiger partial charge in [-0.25, -0.2) is 9.67 Å². The number of thiazole rings is 1. The molecule has 0 saturated carbocycles. The minimum absolute atomic E-state index is 0.612. The fraction of sp³-hybridized carbons (Fsp3) is 0.286. The van der Waals surface area contributed by atoms with E-state index in [0.29, 0.717) is 18.0 Å². The van der Waals surface area contributed by atoms with Gasteiger partial charge < -0.3 is 9.30 Å². The Balaban J connectivity index is 1.33. The largest absolute Gasteiger partial charge is 0.492 e. The van der Waals surface area contributed by atoms with Crippen molar-refractivity contribution in [3.8, 4) is 5.75 Å². The van der Waals surface area contributed by atoms with Crippen molar-refractivity contribution in [2.24, 2.45) is 7.05 Å². The van der Waals surface area contributed by atoms with Crippen LogP contribution in [0.25, 0.3) is 10.2 Å². The SMILES string of the molecule is CN(CCOc1ccccc1)Cn1nc(CSc2nc3ccccc3s2)n(C)c1=S. The highest BCUT2D eigenvalue weighted by molar-refractivity contribution is 8.00. The standard InChI is InChI=1S/C21H23N5OS3/c1-24(12-13-27-16-8-4-3-5-9-16)15-26-21(28)25(2)19(23-26)14-29-20-22-17-10-6-7-11-18(17)30-20/h3-11H,12-15H2,1-2H3. The number of likely N-dealkylation sites (N-methyl/N-ethyl adjacent to an activating group) is 1. The Morgan fingerprint density at radius 1 is 1.13 bits per heavy atom. The number of nitrogens with zero attached hydrogens (tertiary/aromatic N) is 5. The van der Waals surface area contributed by atoms with Gasteiger partial charge in [0.2, 0.25) is 0 Å². The van der Waals surface area contributed by atoms with Gasteiger partial charge in [-0.05, 0) is 43.5 Å². The number of hydrogen-bond acceptors (Lipinski definition) is 7. The van der Waals surface area contributed by atoms with Crippen LogP contribution in [-0.4, -0.2) is 44.4 Å². The van der Waals surface area contributed by atoms with Gasteiger partial charge in [0.25, 0.3) is 0 Å². The molecular formula is C21H23N5OS3. The highest BCUT2D eigenvalue weighted by Gasteiger charge is 2.12. The molecule has 0 atom stereocenters. The number of para-hydroxylation sites is 2. The summed E-state index contributed by atoms with van der Waals surface area (Å²) < 4.78 is 12.6. The van der Waals surface area contributed by atoms with Crippen molar-refractivity contribution in [1.82, 2.24) is 24.2 Å². The summed E-state index contributed by atoms with van der Waals surface area (Å²) in [6, 6.07) is 18.1. The summed E-state index contributed by atoms with van der Waals surface area (Å²) in [6.07, 6.45) is 0. The lowest BCUT2D eigenvalue weighted by atomic mass is 10.3. The van der Waals surface area contributed by atoms with Gasteiger partial charge in [0.15, 0.2) is 9.11 Å². The van der Waals surface area contributed by atoms with E-state index in [4.69, 9.17) is 22.1 Å². The molecule has 2 aromatic heterocycles. The zero-order valence-corrected chi connectivity index (χ0v) is 19.3. The van der Waals surface area contributed by atoms with E-state index in [2.05, 4.69) is 16.0 Å². The number of fused-ring (bicyclic) bond motifs is 1. The van der Waals surface area contributed by atoms with Crippen molar-refractivity contribution < 1.29 is 4.74 Å². The molecule has 6 nitrogen and oxygen atoms in total. The Kier molecular flexibility index (Phi) is 6.83. The number of rotatable bonds is 9. The molecule has 4 aromatic rings. The molecule has 2 aromatic carbocycles. The molecule has 0 aliphatic heterocycles. The predicted molar refractivity (Wildman–Crippen MR) is 126 cm³/mol. The molecule has 30 heavy (non-hydrogen) atoms. The van der Waals surface area contributed by atoms with E-state index in [1.807, 2.05) is 71.9 Å². The Labute approximate surface area is 189 Å². The number of thioether (sulfide) groups is 1. The van der Waals surface area contributed by atoms with Crippen LogP contribution < -0.4 is 4.74 Å². The molecule has 2 heterocycles. The Morgan fingerprint density at radius 2 is 1.90 bits per heavy atom. The number of hydrogen-bond donors (Lipinski definition) is 0. The third kappa shape index (κ3) is 5.10. The van der Waals surface area contributed by atoms with Crippen molar-refractivity contribution >= 4 is 45.5 Å². The van der Waals surface area contributed by atoms with Gasteiger partial charge in [0.1, 0.15) is 18.2 Å². The van der Waals surface area contributed by atoms with E-state index in [1.165, 1.54) is 4.70 Å². The minimum Gasteiger partial charge on any atom is -0.492 e. The molecule has 9 heteroatoms. The summed E-state index contributed by atoms with van der Waals surface area (Å²) in [7, 11) is 4.01. The minimum atomic E-state index is 0.612.